The van der Waals surface area contributed by atoms with Gasteiger partial charge in [-0.05, 0) is 37.7 Å². The van der Waals surface area contributed by atoms with Crippen molar-refractivity contribution in [1.29, 1.82) is 0 Å². The molecule has 16 heavy (non-hydrogen) atoms. The zero-order valence-corrected chi connectivity index (χ0v) is 11.8. The molecule has 0 saturated carbocycles. The summed E-state index contributed by atoms with van der Waals surface area (Å²) in [6.45, 7) is 4.25. The minimum Gasteiger partial charge on any atom is -0.497 e. The summed E-state index contributed by atoms with van der Waals surface area (Å²) in [5, 5.41) is 0. The lowest BCUT2D eigenvalue weighted by Gasteiger charge is -2.17. The highest BCUT2D eigenvalue weighted by molar-refractivity contribution is 9.09. The van der Waals surface area contributed by atoms with Crippen molar-refractivity contribution >= 4 is 15.9 Å². The number of hydrogen-bond acceptors (Lipinski definition) is 2. The van der Waals surface area contributed by atoms with Crippen LogP contribution in [-0.4, -0.2) is 30.4 Å². The molecule has 0 fully saturated rings. The van der Waals surface area contributed by atoms with E-state index in [1.807, 2.05) is 12.1 Å². The lowest BCUT2D eigenvalue weighted by Crippen LogP contribution is -2.20. The van der Waals surface area contributed by atoms with Crippen molar-refractivity contribution in [2.24, 2.45) is 0 Å². The molecule has 0 aliphatic rings. The quantitative estimate of drug-likeness (QED) is 0.744. The first-order chi connectivity index (χ1) is 7.61. The molecular weight excluding hydrogens is 266 g/mol. The summed E-state index contributed by atoms with van der Waals surface area (Å²) >= 11 is 3.56. The Morgan fingerprint density at radius 3 is 2.81 bits per heavy atom. The normalized spacial score (nSPS) is 12.8. The number of rotatable bonds is 6. The van der Waals surface area contributed by atoms with Crippen LogP contribution in [0.3, 0.4) is 0 Å². The molecule has 0 bridgehead atoms. The molecule has 1 aromatic rings. The summed E-state index contributed by atoms with van der Waals surface area (Å²) in [6, 6.07) is 8.24. The molecule has 0 N–H and O–H groups in total. The van der Waals surface area contributed by atoms with Gasteiger partial charge in [0.15, 0.2) is 0 Å². The Balaban J connectivity index is 2.45. The van der Waals surface area contributed by atoms with Crippen molar-refractivity contribution < 1.29 is 4.74 Å². The molecule has 0 aliphatic heterocycles. The largest absolute Gasteiger partial charge is 0.497 e. The Hall–Kier alpha value is -0.540. The van der Waals surface area contributed by atoms with E-state index in [4.69, 9.17) is 4.74 Å². The van der Waals surface area contributed by atoms with Crippen molar-refractivity contribution in [2.45, 2.75) is 24.7 Å². The van der Waals surface area contributed by atoms with Gasteiger partial charge < -0.3 is 9.64 Å². The average Bonchev–Trinajstić information content (AvgIpc) is 2.26. The zero-order chi connectivity index (χ0) is 12.0. The van der Waals surface area contributed by atoms with Crippen LogP contribution in [0.1, 0.15) is 18.9 Å². The molecule has 0 heterocycles. The van der Waals surface area contributed by atoms with Gasteiger partial charge in [-0.2, -0.15) is 0 Å². The molecule has 0 aromatic heterocycles. The number of ether oxygens (including phenoxy) is 1. The second kappa shape index (κ2) is 6.92. The van der Waals surface area contributed by atoms with Crippen molar-refractivity contribution in [2.75, 3.05) is 20.7 Å². The van der Waals surface area contributed by atoms with E-state index in [9.17, 15) is 0 Å². The maximum atomic E-state index is 5.21. The SMILES string of the molecule is COc1cccc(CN(C)CCC(C)Br)c1. The van der Waals surface area contributed by atoms with Crippen molar-refractivity contribution in [3.8, 4) is 5.75 Å². The van der Waals surface area contributed by atoms with E-state index < -0.39 is 0 Å². The lowest BCUT2D eigenvalue weighted by molar-refractivity contribution is 0.322. The van der Waals surface area contributed by atoms with Gasteiger partial charge in [-0.3, -0.25) is 0 Å². The second-order valence-corrected chi connectivity index (χ2v) is 5.72. The second-order valence-electron chi connectivity index (χ2n) is 4.16. The van der Waals surface area contributed by atoms with Gasteiger partial charge in [-0.15, -0.1) is 0 Å². The van der Waals surface area contributed by atoms with E-state index in [0.29, 0.717) is 4.83 Å². The third-order valence-corrected chi connectivity index (χ3v) is 2.95. The number of alkyl halides is 1. The zero-order valence-electron chi connectivity index (χ0n) is 10.2. The van der Waals surface area contributed by atoms with Crippen molar-refractivity contribution in [1.82, 2.24) is 4.90 Å². The highest BCUT2D eigenvalue weighted by Crippen LogP contribution is 2.14. The van der Waals surface area contributed by atoms with Crippen LogP contribution in [0.25, 0.3) is 0 Å². The van der Waals surface area contributed by atoms with Crippen molar-refractivity contribution in [3.05, 3.63) is 29.8 Å². The van der Waals surface area contributed by atoms with Gasteiger partial charge in [0.2, 0.25) is 0 Å². The summed E-state index contributed by atoms with van der Waals surface area (Å²) in [4.78, 5) is 2.91. The number of benzene rings is 1. The summed E-state index contributed by atoms with van der Waals surface area (Å²) in [6.07, 6.45) is 1.17. The van der Waals surface area contributed by atoms with Crippen LogP contribution < -0.4 is 4.74 Å². The van der Waals surface area contributed by atoms with Gasteiger partial charge in [0.05, 0.1) is 7.11 Å². The van der Waals surface area contributed by atoms with E-state index in [0.717, 1.165) is 18.8 Å². The molecule has 0 amide bonds. The first kappa shape index (κ1) is 13.5. The number of hydrogen-bond donors (Lipinski definition) is 0. The highest BCUT2D eigenvalue weighted by Gasteiger charge is 2.03. The van der Waals surface area contributed by atoms with E-state index in [1.54, 1.807) is 7.11 Å². The summed E-state index contributed by atoms with van der Waals surface area (Å²) in [5.41, 5.74) is 1.30. The Bertz CT molecular complexity index is 315. The Morgan fingerprint density at radius 1 is 1.44 bits per heavy atom. The van der Waals surface area contributed by atoms with Gasteiger partial charge in [-0.1, -0.05) is 35.0 Å². The van der Waals surface area contributed by atoms with Gasteiger partial charge in [0, 0.05) is 11.4 Å². The van der Waals surface area contributed by atoms with E-state index in [2.05, 4.69) is 46.9 Å². The van der Waals surface area contributed by atoms with Crippen LogP contribution in [-0.2, 0) is 6.54 Å². The van der Waals surface area contributed by atoms with Gasteiger partial charge in [0.1, 0.15) is 5.75 Å². The molecule has 0 spiro atoms. The molecule has 90 valence electrons. The molecular formula is C13H20BrNO. The fourth-order valence-electron chi connectivity index (χ4n) is 1.56. The fourth-order valence-corrected chi connectivity index (χ4v) is 1.76. The van der Waals surface area contributed by atoms with Gasteiger partial charge in [-0.25, -0.2) is 0 Å². The first-order valence-electron chi connectivity index (χ1n) is 5.57. The average molecular weight is 286 g/mol. The predicted molar refractivity (Wildman–Crippen MR) is 72.3 cm³/mol. The third-order valence-electron chi connectivity index (χ3n) is 2.50. The van der Waals surface area contributed by atoms with E-state index in [1.165, 1.54) is 12.0 Å². The standard InChI is InChI=1S/C13H20BrNO/c1-11(14)7-8-15(2)10-12-5-4-6-13(9-12)16-3/h4-6,9,11H,7-8,10H2,1-3H3. The van der Waals surface area contributed by atoms with Crippen LogP contribution in [0.4, 0.5) is 0 Å². The molecule has 1 atom stereocenters. The van der Waals surface area contributed by atoms with Crippen LogP contribution in [0.2, 0.25) is 0 Å². The Morgan fingerprint density at radius 2 is 2.19 bits per heavy atom. The molecule has 0 aliphatic carbocycles. The molecule has 1 rings (SSSR count). The van der Waals surface area contributed by atoms with Crippen molar-refractivity contribution in [3.63, 3.8) is 0 Å². The number of halogens is 1. The van der Waals surface area contributed by atoms with E-state index >= 15 is 0 Å². The number of methoxy groups -OCH3 is 1. The van der Waals surface area contributed by atoms with Crippen LogP contribution >= 0.6 is 15.9 Å². The van der Waals surface area contributed by atoms with E-state index in [-0.39, 0.29) is 0 Å². The maximum absolute atomic E-state index is 5.21. The predicted octanol–water partition coefficient (Wildman–Crippen LogP) is 3.30. The van der Waals surface area contributed by atoms with Crippen LogP contribution in [0.5, 0.6) is 5.75 Å². The molecule has 0 saturated heterocycles. The highest BCUT2D eigenvalue weighted by atomic mass is 79.9. The van der Waals surface area contributed by atoms with Crippen LogP contribution in [0, 0.1) is 0 Å². The summed E-state index contributed by atoms with van der Waals surface area (Å²) in [7, 11) is 3.85. The van der Waals surface area contributed by atoms with Gasteiger partial charge in [0.25, 0.3) is 0 Å². The lowest BCUT2D eigenvalue weighted by atomic mass is 10.2. The molecule has 1 aromatic carbocycles. The molecule has 0 radical (unpaired) electrons. The smallest absolute Gasteiger partial charge is 0.119 e. The summed E-state index contributed by atoms with van der Waals surface area (Å²) < 4.78 is 5.21. The molecule has 1 unspecified atom stereocenters. The Kier molecular flexibility index (Phi) is 5.85. The van der Waals surface area contributed by atoms with Gasteiger partial charge >= 0.3 is 0 Å². The summed E-state index contributed by atoms with van der Waals surface area (Å²) in [5.74, 6) is 0.930. The van der Waals surface area contributed by atoms with Crippen LogP contribution in [0.15, 0.2) is 24.3 Å². The third kappa shape index (κ3) is 4.99. The fraction of sp³-hybridized carbons (Fsp3) is 0.538. The number of nitrogens with zero attached hydrogens (tertiary/aromatic N) is 1. The molecule has 2 nitrogen and oxygen atoms in total. The minimum atomic E-state index is 0.584. The Labute approximate surface area is 107 Å². The maximum Gasteiger partial charge on any atom is 0.119 e. The molecule has 3 heteroatoms. The topological polar surface area (TPSA) is 12.5 Å². The minimum absolute atomic E-state index is 0.584. The monoisotopic (exact) mass is 285 g/mol. The first-order valence-corrected chi connectivity index (χ1v) is 6.49.